The summed E-state index contributed by atoms with van der Waals surface area (Å²) in [6.45, 7) is 3.40. The van der Waals surface area contributed by atoms with E-state index in [1.54, 1.807) is 9.58 Å². The van der Waals surface area contributed by atoms with Crippen molar-refractivity contribution in [1.29, 1.82) is 0 Å². The lowest BCUT2D eigenvalue weighted by atomic mass is 10.2. The van der Waals surface area contributed by atoms with Gasteiger partial charge in [0.15, 0.2) is 5.65 Å². The van der Waals surface area contributed by atoms with E-state index in [1.807, 2.05) is 48.5 Å². The Bertz CT molecular complexity index is 1430. The molecule has 9 heteroatoms. The van der Waals surface area contributed by atoms with Gasteiger partial charge in [-0.2, -0.15) is 5.10 Å². The van der Waals surface area contributed by atoms with Crippen LogP contribution in [0.3, 0.4) is 0 Å². The molecule has 1 amide bonds. The fourth-order valence-electron chi connectivity index (χ4n) is 4.42. The normalized spacial score (nSPS) is 14.6. The van der Waals surface area contributed by atoms with Crippen molar-refractivity contribution in [2.24, 2.45) is 7.05 Å². The van der Waals surface area contributed by atoms with E-state index in [0.29, 0.717) is 29.8 Å². The van der Waals surface area contributed by atoms with Crippen LogP contribution in [0.5, 0.6) is 0 Å². The number of carbonyl (C=O) groups excluding carboxylic acids is 1. The molecule has 2 aromatic carbocycles. The number of amides is 1. The monoisotopic (exact) mass is 458 g/mol. The van der Waals surface area contributed by atoms with Crippen LogP contribution in [0.15, 0.2) is 76.4 Å². The Morgan fingerprint density at radius 1 is 0.912 bits per heavy atom. The third-order valence-corrected chi connectivity index (χ3v) is 6.32. The topological polar surface area (TPSA) is 85.4 Å². The van der Waals surface area contributed by atoms with Crippen LogP contribution in [0, 0.1) is 0 Å². The molecular formula is C25H26N6O3. The highest BCUT2D eigenvalue weighted by molar-refractivity contribution is 5.80. The summed E-state index contributed by atoms with van der Waals surface area (Å²) in [5.41, 5.74) is 1.32. The largest absolute Gasteiger partial charge is 0.339 e. The van der Waals surface area contributed by atoms with Crippen LogP contribution in [-0.2, 0) is 24.9 Å². The third-order valence-electron chi connectivity index (χ3n) is 6.32. The molecule has 0 saturated carbocycles. The summed E-state index contributed by atoms with van der Waals surface area (Å²) >= 11 is 0. The summed E-state index contributed by atoms with van der Waals surface area (Å²) < 4.78 is 3.93. The van der Waals surface area contributed by atoms with Gasteiger partial charge in [-0.25, -0.2) is 9.48 Å². The van der Waals surface area contributed by atoms with Crippen molar-refractivity contribution in [2.75, 3.05) is 26.2 Å². The fraction of sp³-hybridized carbons (Fsp3) is 0.280. The molecule has 0 spiro atoms. The van der Waals surface area contributed by atoms with Gasteiger partial charge >= 0.3 is 5.69 Å². The summed E-state index contributed by atoms with van der Waals surface area (Å²) in [4.78, 5) is 43.1. The van der Waals surface area contributed by atoms with Crippen molar-refractivity contribution in [1.82, 2.24) is 28.7 Å². The Morgan fingerprint density at radius 2 is 1.56 bits per heavy atom. The van der Waals surface area contributed by atoms with Crippen molar-refractivity contribution in [2.45, 2.75) is 13.1 Å². The van der Waals surface area contributed by atoms with E-state index in [4.69, 9.17) is 0 Å². The molecule has 5 rings (SSSR count). The van der Waals surface area contributed by atoms with Gasteiger partial charge in [0.25, 0.3) is 5.56 Å². The van der Waals surface area contributed by atoms with Gasteiger partial charge in [0, 0.05) is 39.8 Å². The SMILES string of the molecule is Cn1c(=O)c2cnn(-c3ccccc3)c2n(CC(=O)N2CCN(Cc3ccccc3)CC2)c1=O. The predicted molar refractivity (Wildman–Crippen MR) is 129 cm³/mol. The number of hydrogen-bond donors (Lipinski definition) is 0. The Hall–Kier alpha value is -3.98. The summed E-state index contributed by atoms with van der Waals surface area (Å²) in [6, 6.07) is 19.5. The van der Waals surface area contributed by atoms with Crippen molar-refractivity contribution in [3.63, 3.8) is 0 Å². The number of piperazine rings is 1. The maximum atomic E-state index is 13.2. The molecule has 4 aromatic rings. The maximum absolute atomic E-state index is 13.2. The van der Waals surface area contributed by atoms with Gasteiger partial charge < -0.3 is 4.90 Å². The van der Waals surface area contributed by atoms with Gasteiger partial charge in [-0.15, -0.1) is 0 Å². The summed E-state index contributed by atoms with van der Waals surface area (Å²) in [6.07, 6.45) is 1.45. The molecular weight excluding hydrogens is 432 g/mol. The van der Waals surface area contributed by atoms with Gasteiger partial charge in [0.2, 0.25) is 5.91 Å². The smallest absolute Gasteiger partial charge is 0.332 e. The van der Waals surface area contributed by atoms with Crippen LogP contribution in [-0.4, -0.2) is 60.8 Å². The van der Waals surface area contributed by atoms with Gasteiger partial charge in [-0.05, 0) is 17.7 Å². The zero-order valence-electron chi connectivity index (χ0n) is 19.0. The molecule has 2 aromatic heterocycles. The van der Waals surface area contributed by atoms with Gasteiger partial charge in [-0.1, -0.05) is 48.5 Å². The van der Waals surface area contributed by atoms with Crippen LogP contribution in [0.25, 0.3) is 16.7 Å². The fourth-order valence-corrected chi connectivity index (χ4v) is 4.42. The minimum absolute atomic E-state index is 0.151. The molecule has 34 heavy (non-hydrogen) atoms. The second kappa shape index (κ2) is 9.11. The van der Waals surface area contributed by atoms with Crippen LogP contribution in [0.2, 0.25) is 0 Å². The average Bonchev–Trinajstić information content (AvgIpc) is 3.32. The van der Waals surface area contributed by atoms with E-state index in [-0.39, 0.29) is 12.5 Å². The molecule has 0 aliphatic carbocycles. The minimum atomic E-state index is -0.536. The number of carbonyl (C=O) groups is 1. The second-order valence-corrected chi connectivity index (χ2v) is 8.50. The minimum Gasteiger partial charge on any atom is -0.339 e. The standard InChI is InChI=1S/C25H26N6O3/c1-27-24(33)21-16-26-31(20-10-6-3-7-11-20)23(21)30(25(27)34)18-22(32)29-14-12-28(13-15-29)17-19-8-4-2-5-9-19/h2-11,16H,12-15,17-18H2,1H3. The van der Waals surface area contributed by atoms with E-state index in [1.165, 1.54) is 23.4 Å². The van der Waals surface area contributed by atoms with E-state index >= 15 is 0 Å². The van der Waals surface area contributed by atoms with E-state index in [2.05, 4.69) is 22.1 Å². The number of hydrogen-bond acceptors (Lipinski definition) is 5. The van der Waals surface area contributed by atoms with Crippen LogP contribution in [0.4, 0.5) is 0 Å². The first-order valence-corrected chi connectivity index (χ1v) is 11.3. The van der Waals surface area contributed by atoms with Crippen LogP contribution in [0.1, 0.15) is 5.56 Å². The van der Waals surface area contributed by atoms with Crippen molar-refractivity contribution in [3.05, 3.63) is 93.3 Å². The second-order valence-electron chi connectivity index (χ2n) is 8.50. The van der Waals surface area contributed by atoms with Gasteiger partial charge in [0.1, 0.15) is 11.9 Å². The number of aromatic nitrogens is 4. The molecule has 0 atom stereocenters. The van der Waals surface area contributed by atoms with Crippen molar-refractivity contribution < 1.29 is 4.79 Å². The Labute approximate surface area is 196 Å². The number of nitrogens with zero attached hydrogens (tertiary/aromatic N) is 6. The molecule has 0 unspecified atom stereocenters. The number of para-hydroxylation sites is 1. The molecule has 0 N–H and O–H groups in total. The zero-order chi connectivity index (χ0) is 23.7. The highest BCUT2D eigenvalue weighted by Crippen LogP contribution is 2.15. The molecule has 9 nitrogen and oxygen atoms in total. The Balaban J connectivity index is 1.39. The first kappa shape index (κ1) is 21.8. The van der Waals surface area contributed by atoms with Crippen molar-refractivity contribution in [3.8, 4) is 5.69 Å². The third kappa shape index (κ3) is 4.06. The lowest BCUT2D eigenvalue weighted by Crippen LogP contribution is -2.50. The lowest BCUT2D eigenvalue weighted by molar-refractivity contribution is -0.133. The highest BCUT2D eigenvalue weighted by Gasteiger charge is 2.24. The molecule has 1 fully saturated rings. The molecule has 1 aliphatic rings. The first-order chi connectivity index (χ1) is 16.5. The molecule has 3 heterocycles. The number of fused-ring (bicyclic) bond motifs is 1. The maximum Gasteiger partial charge on any atom is 0.332 e. The summed E-state index contributed by atoms with van der Waals surface area (Å²) in [5.74, 6) is -0.151. The first-order valence-electron chi connectivity index (χ1n) is 11.3. The number of benzene rings is 2. The van der Waals surface area contributed by atoms with Crippen molar-refractivity contribution >= 4 is 16.9 Å². The van der Waals surface area contributed by atoms with E-state index in [0.717, 1.165) is 24.2 Å². The quantitative estimate of drug-likeness (QED) is 0.449. The number of rotatable bonds is 5. The molecule has 1 aliphatic heterocycles. The van der Waals surface area contributed by atoms with Crippen LogP contribution < -0.4 is 11.2 Å². The predicted octanol–water partition coefficient (Wildman–Crippen LogP) is 1.23. The van der Waals surface area contributed by atoms with Crippen LogP contribution >= 0.6 is 0 Å². The zero-order valence-corrected chi connectivity index (χ0v) is 19.0. The molecule has 174 valence electrons. The van der Waals surface area contributed by atoms with Gasteiger partial charge in [-0.3, -0.25) is 23.6 Å². The van der Waals surface area contributed by atoms with E-state index < -0.39 is 11.2 Å². The average molecular weight is 459 g/mol. The Morgan fingerprint density at radius 3 is 2.24 bits per heavy atom. The summed E-state index contributed by atoms with van der Waals surface area (Å²) in [7, 11) is 1.42. The Kier molecular flexibility index (Phi) is 5.85. The van der Waals surface area contributed by atoms with E-state index in [9.17, 15) is 14.4 Å². The van der Waals surface area contributed by atoms with Gasteiger partial charge in [0.05, 0.1) is 11.9 Å². The summed E-state index contributed by atoms with van der Waals surface area (Å²) in [5, 5.41) is 4.65. The lowest BCUT2D eigenvalue weighted by Gasteiger charge is -2.35. The molecule has 1 saturated heterocycles. The highest BCUT2D eigenvalue weighted by atomic mass is 16.2. The molecule has 0 radical (unpaired) electrons. The molecule has 0 bridgehead atoms.